The highest BCUT2D eigenvalue weighted by Crippen LogP contribution is 2.23. The Balaban J connectivity index is 1.31. The lowest BCUT2D eigenvalue weighted by Crippen LogP contribution is -2.27. The van der Waals surface area contributed by atoms with Gasteiger partial charge in [-0.3, -0.25) is 4.79 Å². The van der Waals surface area contributed by atoms with Gasteiger partial charge in [-0.05, 0) is 41.5 Å². The van der Waals surface area contributed by atoms with Crippen LogP contribution in [0.3, 0.4) is 0 Å². The van der Waals surface area contributed by atoms with Gasteiger partial charge < -0.3 is 14.1 Å². The Hall–Kier alpha value is -2.91. The van der Waals surface area contributed by atoms with Crippen LogP contribution in [0.25, 0.3) is 10.8 Å². The van der Waals surface area contributed by atoms with Crippen molar-refractivity contribution in [2.45, 2.75) is 25.1 Å². The highest BCUT2D eigenvalue weighted by atomic mass is 32.2. The van der Waals surface area contributed by atoms with Crippen LogP contribution in [0.2, 0.25) is 0 Å². The lowest BCUT2D eigenvalue weighted by Gasteiger charge is -2.17. The molecule has 0 aliphatic carbocycles. The maximum Gasteiger partial charge on any atom is 0.277 e. The smallest absolute Gasteiger partial charge is 0.277 e. The van der Waals surface area contributed by atoms with Gasteiger partial charge in [0.25, 0.3) is 5.22 Å². The van der Waals surface area contributed by atoms with Crippen molar-refractivity contribution in [3.63, 3.8) is 0 Å². The van der Waals surface area contributed by atoms with Gasteiger partial charge in [-0.1, -0.05) is 30.0 Å². The molecule has 0 N–H and O–H groups in total. The van der Waals surface area contributed by atoms with Gasteiger partial charge in [0.1, 0.15) is 5.75 Å². The normalized spacial score (nSPS) is 11.1. The third-order valence-corrected chi connectivity index (χ3v) is 6.35. The number of amides is 1. The number of carbonyl (C=O) groups is 1. The molecule has 2 aromatic heterocycles. The molecule has 0 saturated carbocycles. The van der Waals surface area contributed by atoms with Crippen molar-refractivity contribution in [2.75, 3.05) is 19.9 Å². The number of methoxy groups -OCH3 is 1. The van der Waals surface area contributed by atoms with Crippen LogP contribution < -0.4 is 4.74 Å². The minimum absolute atomic E-state index is 0.00490. The van der Waals surface area contributed by atoms with E-state index >= 15 is 0 Å². The van der Waals surface area contributed by atoms with Crippen molar-refractivity contribution in [1.82, 2.24) is 20.1 Å². The van der Waals surface area contributed by atoms with Crippen molar-refractivity contribution < 1.29 is 13.9 Å². The minimum atomic E-state index is -0.00490. The maximum atomic E-state index is 12.6. The van der Waals surface area contributed by atoms with Gasteiger partial charge in [-0.2, -0.15) is 0 Å². The molecule has 2 heterocycles. The van der Waals surface area contributed by atoms with E-state index in [1.807, 2.05) is 42.6 Å². The zero-order valence-electron chi connectivity index (χ0n) is 17.5. The zero-order valence-corrected chi connectivity index (χ0v) is 19.1. The highest BCUT2D eigenvalue weighted by Gasteiger charge is 2.14. The Morgan fingerprint density at radius 2 is 2.00 bits per heavy atom. The number of thiazole rings is 1. The van der Waals surface area contributed by atoms with Crippen LogP contribution in [0.1, 0.15) is 22.2 Å². The summed E-state index contributed by atoms with van der Waals surface area (Å²) in [6, 6.07) is 12.1. The van der Waals surface area contributed by atoms with E-state index in [9.17, 15) is 4.79 Å². The van der Waals surface area contributed by atoms with Crippen molar-refractivity contribution >= 4 is 39.8 Å². The summed E-state index contributed by atoms with van der Waals surface area (Å²) >= 11 is 2.84. The molecule has 4 rings (SSSR count). The lowest BCUT2D eigenvalue weighted by molar-refractivity contribution is -0.127. The Bertz CT molecular complexity index is 1200. The molecule has 0 spiro atoms. The van der Waals surface area contributed by atoms with Gasteiger partial charge >= 0.3 is 0 Å². The van der Waals surface area contributed by atoms with E-state index in [-0.39, 0.29) is 11.7 Å². The third-order valence-electron chi connectivity index (χ3n) is 4.72. The Morgan fingerprint density at radius 3 is 2.77 bits per heavy atom. The number of ether oxygens (including phenoxy) is 1. The summed E-state index contributed by atoms with van der Waals surface area (Å²) in [4.78, 5) is 18.7. The number of aromatic nitrogens is 3. The van der Waals surface area contributed by atoms with Crippen LogP contribution in [0.15, 0.2) is 51.4 Å². The van der Waals surface area contributed by atoms with Gasteiger partial charge in [0.2, 0.25) is 11.8 Å². The fourth-order valence-corrected chi connectivity index (χ4v) is 4.44. The second kappa shape index (κ2) is 9.49. The van der Waals surface area contributed by atoms with Crippen LogP contribution >= 0.6 is 23.1 Å². The summed E-state index contributed by atoms with van der Waals surface area (Å²) in [5.74, 6) is 1.56. The predicted octanol–water partition coefficient (Wildman–Crippen LogP) is 4.34. The topological polar surface area (TPSA) is 81.4 Å². The molecule has 1 amide bonds. The summed E-state index contributed by atoms with van der Waals surface area (Å²) in [6.45, 7) is 2.49. The number of hydrogen-bond acceptors (Lipinski definition) is 8. The molecule has 2 aromatic carbocycles. The molecule has 0 radical (unpaired) electrons. The Labute approximate surface area is 188 Å². The molecule has 0 unspecified atom stereocenters. The predicted molar refractivity (Wildman–Crippen MR) is 122 cm³/mol. The largest absolute Gasteiger partial charge is 0.497 e. The molecule has 31 heavy (non-hydrogen) atoms. The average Bonchev–Trinajstić information content (AvgIpc) is 3.40. The average molecular weight is 455 g/mol. The van der Waals surface area contributed by atoms with Crippen molar-refractivity contribution in [3.8, 4) is 5.75 Å². The monoisotopic (exact) mass is 454 g/mol. The van der Waals surface area contributed by atoms with E-state index < -0.39 is 0 Å². The molecular formula is C22H22N4O3S2. The first-order valence-electron chi connectivity index (χ1n) is 9.67. The van der Waals surface area contributed by atoms with E-state index in [1.165, 1.54) is 11.8 Å². The number of nitrogens with zero attached hydrogens (tertiary/aromatic N) is 4. The fourth-order valence-electron chi connectivity index (χ4n) is 3.11. The van der Waals surface area contributed by atoms with Crippen LogP contribution in [0, 0.1) is 6.92 Å². The van der Waals surface area contributed by atoms with E-state index in [1.54, 1.807) is 30.4 Å². The molecule has 9 heteroatoms. The number of carbonyl (C=O) groups excluding carboxylic acids is 1. The summed E-state index contributed by atoms with van der Waals surface area (Å²) in [7, 11) is 3.45. The molecule has 7 nitrogen and oxygen atoms in total. The van der Waals surface area contributed by atoms with Crippen LogP contribution in [0.4, 0.5) is 0 Å². The molecule has 0 bridgehead atoms. The minimum Gasteiger partial charge on any atom is -0.497 e. The number of benzene rings is 2. The number of thioether (sulfide) groups is 1. The van der Waals surface area contributed by atoms with Gasteiger partial charge in [-0.25, -0.2) is 4.98 Å². The van der Waals surface area contributed by atoms with Crippen LogP contribution in [-0.2, 0) is 17.8 Å². The fraction of sp³-hybridized carbons (Fsp3) is 0.273. The Kier molecular flexibility index (Phi) is 6.53. The Morgan fingerprint density at radius 1 is 1.19 bits per heavy atom. The van der Waals surface area contributed by atoms with Crippen LogP contribution in [0.5, 0.6) is 5.75 Å². The molecule has 0 aliphatic heterocycles. The SMILES string of the molecule is COc1ccc2cc(CN(C)C(=O)CSc3nnc(Cc4csc(C)n4)o3)ccc2c1. The lowest BCUT2D eigenvalue weighted by atomic mass is 10.1. The van der Waals surface area contributed by atoms with Gasteiger partial charge in [0.05, 0.1) is 30.0 Å². The van der Waals surface area contributed by atoms with Crippen molar-refractivity contribution in [3.05, 3.63) is 63.9 Å². The second-order valence-corrected chi connectivity index (χ2v) is 9.07. The van der Waals surface area contributed by atoms with Gasteiger partial charge in [-0.15, -0.1) is 21.5 Å². The number of fused-ring (bicyclic) bond motifs is 1. The summed E-state index contributed by atoms with van der Waals surface area (Å²) < 4.78 is 10.9. The van der Waals surface area contributed by atoms with Gasteiger partial charge in [0.15, 0.2) is 0 Å². The quantitative estimate of drug-likeness (QED) is 0.366. The molecule has 0 saturated heterocycles. The van der Waals surface area contributed by atoms with Gasteiger partial charge in [0, 0.05) is 19.0 Å². The molecular weight excluding hydrogens is 432 g/mol. The molecule has 160 valence electrons. The number of hydrogen-bond donors (Lipinski definition) is 0. The molecule has 0 aliphatic rings. The van der Waals surface area contributed by atoms with E-state index in [2.05, 4.69) is 21.2 Å². The van der Waals surface area contributed by atoms with Crippen molar-refractivity contribution in [1.29, 1.82) is 0 Å². The van der Waals surface area contributed by atoms with E-state index in [0.29, 0.717) is 24.1 Å². The third kappa shape index (κ3) is 5.42. The summed E-state index contributed by atoms with van der Waals surface area (Å²) in [5.41, 5.74) is 1.98. The van der Waals surface area contributed by atoms with Crippen LogP contribution in [-0.4, -0.2) is 45.9 Å². The summed E-state index contributed by atoms with van der Waals surface area (Å²) in [5, 5.41) is 13.7. The zero-order chi connectivity index (χ0) is 21.8. The standard InChI is InChI=1S/C22H22N4O3S2/c1-14-23-18(12-30-14)10-20-24-25-22(29-20)31-13-21(27)26(2)11-15-4-5-17-9-19(28-3)7-6-16(17)8-15/h4-9,12H,10-11,13H2,1-3H3. The first kappa shape index (κ1) is 21.3. The molecule has 0 atom stereocenters. The van der Waals surface area contributed by atoms with E-state index in [0.717, 1.165) is 32.8 Å². The highest BCUT2D eigenvalue weighted by molar-refractivity contribution is 7.99. The van der Waals surface area contributed by atoms with E-state index in [4.69, 9.17) is 9.15 Å². The molecule has 4 aromatic rings. The summed E-state index contributed by atoms with van der Waals surface area (Å²) in [6.07, 6.45) is 0.500. The maximum absolute atomic E-state index is 12.6. The van der Waals surface area contributed by atoms with Crippen molar-refractivity contribution in [2.24, 2.45) is 0 Å². The molecule has 0 fully saturated rings. The number of rotatable bonds is 8. The first-order chi connectivity index (χ1) is 15.0. The number of aryl methyl sites for hydroxylation is 1. The first-order valence-corrected chi connectivity index (χ1v) is 11.5. The second-order valence-electron chi connectivity index (χ2n) is 7.08.